The molecule has 98 valence electrons. The first-order valence-electron chi connectivity index (χ1n) is 6.10. The number of nitrogens with two attached hydrogens (primary N) is 1. The highest BCUT2D eigenvalue weighted by atomic mass is 16.4. The number of carboxylic acids is 1. The molecule has 0 aromatic carbocycles. The van der Waals surface area contributed by atoms with Gasteiger partial charge >= 0.3 is 12.0 Å². The molecule has 1 fully saturated rings. The maximum Gasteiger partial charge on any atom is 0.315 e. The predicted octanol–water partition coefficient (Wildman–Crippen LogP) is 0.278. The second-order valence-electron chi connectivity index (χ2n) is 4.44. The van der Waals surface area contributed by atoms with Gasteiger partial charge in [0.25, 0.3) is 0 Å². The highest BCUT2D eigenvalue weighted by Crippen LogP contribution is 2.24. The Bertz CT molecular complexity index is 271. The van der Waals surface area contributed by atoms with E-state index in [2.05, 4.69) is 10.6 Å². The minimum atomic E-state index is -0.764. The number of hydrogen-bond donors (Lipinski definition) is 4. The first-order valence-corrected chi connectivity index (χ1v) is 6.10. The molecule has 2 unspecified atom stereocenters. The smallest absolute Gasteiger partial charge is 0.315 e. The van der Waals surface area contributed by atoms with Crippen LogP contribution < -0.4 is 16.4 Å². The van der Waals surface area contributed by atoms with Crippen LogP contribution in [0.1, 0.15) is 32.1 Å². The van der Waals surface area contributed by atoms with Crippen LogP contribution >= 0.6 is 0 Å². The van der Waals surface area contributed by atoms with Gasteiger partial charge < -0.3 is 21.5 Å². The molecule has 1 rings (SSSR count). The number of nitrogens with one attached hydrogen (secondary N) is 2. The van der Waals surface area contributed by atoms with Crippen molar-refractivity contribution in [3.05, 3.63) is 0 Å². The number of amides is 2. The van der Waals surface area contributed by atoms with Crippen LogP contribution in [0.4, 0.5) is 4.79 Å². The van der Waals surface area contributed by atoms with E-state index in [1.54, 1.807) is 0 Å². The monoisotopic (exact) mass is 243 g/mol. The topological polar surface area (TPSA) is 104 Å². The van der Waals surface area contributed by atoms with Gasteiger partial charge in [-0.2, -0.15) is 0 Å². The average Bonchev–Trinajstić information content (AvgIpc) is 2.29. The number of carbonyl (C=O) groups excluding carboxylic acids is 1. The maximum absolute atomic E-state index is 11.5. The lowest BCUT2D eigenvalue weighted by Gasteiger charge is -2.27. The molecule has 0 saturated heterocycles. The van der Waals surface area contributed by atoms with E-state index in [0.29, 0.717) is 25.9 Å². The van der Waals surface area contributed by atoms with Crippen LogP contribution in [-0.4, -0.2) is 36.2 Å². The SMILES string of the molecule is NCCCNC(=O)NC1CCCC(C(=O)O)C1. The fourth-order valence-electron chi connectivity index (χ4n) is 2.09. The Morgan fingerprint density at radius 1 is 1.35 bits per heavy atom. The number of aliphatic carboxylic acids is 1. The molecule has 1 aliphatic rings. The van der Waals surface area contributed by atoms with E-state index >= 15 is 0 Å². The molecule has 1 saturated carbocycles. The van der Waals surface area contributed by atoms with Crippen molar-refractivity contribution < 1.29 is 14.7 Å². The molecule has 0 bridgehead atoms. The number of carbonyl (C=O) groups is 2. The van der Waals surface area contributed by atoms with Crippen LogP contribution in [0.3, 0.4) is 0 Å². The summed E-state index contributed by atoms with van der Waals surface area (Å²) >= 11 is 0. The summed E-state index contributed by atoms with van der Waals surface area (Å²) in [5.74, 6) is -1.09. The van der Waals surface area contributed by atoms with Crippen molar-refractivity contribution in [2.24, 2.45) is 11.7 Å². The van der Waals surface area contributed by atoms with Crippen LogP contribution in [0, 0.1) is 5.92 Å². The largest absolute Gasteiger partial charge is 0.481 e. The molecule has 5 N–H and O–H groups in total. The fourth-order valence-corrected chi connectivity index (χ4v) is 2.09. The summed E-state index contributed by atoms with van der Waals surface area (Å²) in [6.45, 7) is 1.10. The second kappa shape index (κ2) is 7.11. The van der Waals surface area contributed by atoms with E-state index in [0.717, 1.165) is 19.3 Å². The molecule has 17 heavy (non-hydrogen) atoms. The minimum Gasteiger partial charge on any atom is -0.481 e. The van der Waals surface area contributed by atoms with Gasteiger partial charge in [0.2, 0.25) is 0 Å². The molecular formula is C11H21N3O3. The van der Waals surface area contributed by atoms with Crippen LogP contribution in [0.2, 0.25) is 0 Å². The van der Waals surface area contributed by atoms with Crippen molar-refractivity contribution >= 4 is 12.0 Å². The van der Waals surface area contributed by atoms with Gasteiger partial charge in [0.1, 0.15) is 0 Å². The summed E-state index contributed by atoms with van der Waals surface area (Å²) in [5, 5.41) is 14.4. The van der Waals surface area contributed by atoms with Gasteiger partial charge in [-0.05, 0) is 32.2 Å². The van der Waals surface area contributed by atoms with Crippen molar-refractivity contribution in [1.82, 2.24) is 10.6 Å². The summed E-state index contributed by atoms with van der Waals surface area (Å²) in [4.78, 5) is 22.3. The molecule has 0 aliphatic heterocycles. The summed E-state index contributed by atoms with van der Waals surface area (Å²) in [5.41, 5.74) is 5.31. The van der Waals surface area contributed by atoms with Crippen LogP contribution in [0.5, 0.6) is 0 Å². The lowest BCUT2D eigenvalue weighted by atomic mass is 9.86. The third-order valence-corrected chi connectivity index (χ3v) is 3.03. The lowest BCUT2D eigenvalue weighted by molar-refractivity contribution is -0.143. The van der Waals surface area contributed by atoms with E-state index in [9.17, 15) is 9.59 Å². The Labute approximate surface area is 101 Å². The highest BCUT2D eigenvalue weighted by molar-refractivity contribution is 5.74. The summed E-state index contributed by atoms with van der Waals surface area (Å²) in [6.07, 6.45) is 3.69. The van der Waals surface area contributed by atoms with Crippen molar-refractivity contribution in [3.63, 3.8) is 0 Å². The van der Waals surface area contributed by atoms with Gasteiger partial charge in [0.05, 0.1) is 5.92 Å². The van der Waals surface area contributed by atoms with E-state index in [4.69, 9.17) is 10.8 Å². The highest BCUT2D eigenvalue weighted by Gasteiger charge is 2.27. The zero-order valence-electron chi connectivity index (χ0n) is 9.95. The molecule has 0 aromatic rings. The molecule has 1 aliphatic carbocycles. The Hall–Kier alpha value is -1.30. The molecule has 0 aromatic heterocycles. The first-order chi connectivity index (χ1) is 8.13. The molecule has 6 nitrogen and oxygen atoms in total. The Morgan fingerprint density at radius 3 is 2.76 bits per heavy atom. The molecule has 2 atom stereocenters. The molecule has 0 radical (unpaired) electrons. The first kappa shape index (κ1) is 13.8. The zero-order chi connectivity index (χ0) is 12.7. The normalized spacial score (nSPS) is 24.1. The molecule has 2 amide bonds. The maximum atomic E-state index is 11.5. The predicted molar refractivity (Wildman–Crippen MR) is 63.6 cm³/mol. The number of hydrogen-bond acceptors (Lipinski definition) is 3. The number of rotatable bonds is 5. The van der Waals surface area contributed by atoms with Gasteiger partial charge in [-0.25, -0.2) is 4.79 Å². The van der Waals surface area contributed by atoms with Gasteiger partial charge in [-0.15, -0.1) is 0 Å². The molecule has 6 heteroatoms. The van der Waals surface area contributed by atoms with Gasteiger partial charge in [0.15, 0.2) is 0 Å². The van der Waals surface area contributed by atoms with Crippen LogP contribution in [0.25, 0.3) is 0 Å². The quantitative estimate of drug-likeness (QED) is 0.520. The van der Waals surface area contributed by atoms with Crippen LogP contribution in [0.15, 0.2) is 0 Å². The number of carboxylic acid groups (broad SMARTS) is 1. The van der Waals surface area contributed by atoms with E-state index in [-0.39, 0.29) is 18.0 Å². The van der Waals surface area contributed by atoms with Crippen molar-refractivity contribution in [1.29, 1.82) is 0 Å². The van der Waals surface area contributed by atoms with Crippen LogP contribution in [-0.2, 0) is 4.79 Å². The summed E-state index contributed by atoms with van der Waals surface area (Å²) < 4.78 is 0. The van der Waals surface area contributed by atoms with Gasteiger partial charge in [0, 0.05) is 12.6 Å². The van der Waals surface area contributed by atoms with Gasteiger partial charge in [-0.1, -0.05) is 6.42 Å². The van der Waals surface area contributed by atoms with E-state index in [1.165, 1.54) is 0 Å². The zero-order valence-corrected chi connectivity index (χ0v) is 9.95. The Kier molecular flexibility index (Phi) is 5.76. The third-order valence-electron chi connectivity index (χ3n) is 3.03. The summed E-state index contributed by atoms with van der Waals surface area (Å²) in [7, 11) is 0. The van der Waals surface area contributed by atoms with E-state index in [1.807, 2.05) is 0 Å². The van der Waals surface area contributed by atoms with Crippen molar-refractivity contribution in [2.45, 2.75) is 38.1 Å². The third kappa shape index (κ3) is 5.04. The summed E-state index contributed by atoms with van der Waals surface area (Å²) in [6, 6.07) is -0.253. The van der Waals surface area contributed by atoms with E-state index < -0.39 is 5.97 Å². The molecule has 0 heterocycles. The van der Waals surface area contributed by atoms with Crippen molar-refractivity contribution in [2.75, 3.05) is 13.1 Å². The van der Waals surface area contributed by atoms with Gasteiger partial charge in [-0.3, -0.25) is 4.79 Å². The molecular weight excluding hydrogens is 222 g/mol. The Balaban J connectivity index is 2.26. The Morgan fingerprint density at radius 2 is 2.12 bits per heavy atom. The second-order valence-corrected chi connectivity index (χ2v) is 4.44. The fraction of sp³-hybridized carbons (Fsp3) is 0.818. The molecule has 0 spiro atoms. The minimum absolute atomic E-state index is 0.0253. The average molecular weight is 243 g/mol. The van der Waals surface area contributed by atoms with Crippen molar-refractivity contribution in [3.8, 4) is 0 Å². The standard InChI is InChI=1S/C11H21N3O3/c12-5-2-6-13-11(17)14-9-4-1-3-8(7-9)10(15)16/h8-9H,1-7,12H2,(H,15,16)(H2,13,14,17). The number of urea groups is 1. The lowest BCUT2D eigenvalue weighted by Crippen LogP contribution is -2.45.